The van der Waals surface area contributed by atoms with E-state index >= 15 is 0 Å². The fourth-order valence-electron chi connectivity index (χ4n) is 3.34. The van der Waals surface area contributed by atoms with Crippen molar-refractivity contribution in [3.8, 4) is 0 Å². The molecule has 2 aliphatic heterocycles. The van der Waals surface area contributed by atoms with Crippen molar-refractivity contribution < 1.29 is 9.53 Å². The molecule has 1 unspecified atom stereocenters. The Morgan fingerprint density at radius 3 is 2.86 bits per heavy atom. The molecule has 0 aromatic heterocycles. The lowest BCUT2D eigenvalue weighted by Gasteiger charge is -2.38. The molecule has 0 bridgehead atoms. The lowest BCUT2D eigenvalue weighted by atomic mass is 9.94. The molecule has 3 rings (SSSR count). The summed E-state index contributed by atoms with van der Waals surface area (Å²) in [6, 6.07) is 7.86. The Kier molecular flexibility index (Phi) is 5.34. The van der Waals surface area contributed by atoms with Crippen molar-refractivity contribution in [2.24, 2.45) is 5.92 Å². The van der Waals surface area contributed by atoms with E-state index in [1.807, 2.05) is 29.2 Å². The third-order valence-electron chi connectivity index (χ3n) is 4.63. The molecule has 1 aromatic carbocycles. The zero-order chi connectivity index (χ0) is 15.4. The first kappa shape index (κ1) is 15.8. The van der Waals surface area contributed by atoms with Gasteiger partial charge < -0.3 is 15.0 Å². The van der Waals surface area contributed by atoms with E-state index in [-0.39, 0.29) is 11.9 Å². The molecule has 5 heteroatoms. The maximum absolute atomic E-state index is 12.8. The van der Waals surface area contributed by atoms with Crippen molar-refractivity contribution in [1.29, 1.82) is 0 Å². The van der Waals surface area contributed by atoms with E-state index in [9.17, 15) is 4.79 Å². The number of nitrogens with one attached hydrogen (secondary N) is 1. The molecule has 1 amide bonds. The molecule has 1 aromatic rings. The minimum atomic E-state index is 0.0368. The number of carbonyl (C=O) groups excluding carboxylic acids is 1. The van der Waals surface area contributed by atoms with Crippen LogP contribution in [0, 0.1) is 5.92 Å². The maximum atomic E-state index is 12.8. The van der Waals surface area contributed by atoms with Crippen LogP contribution in [0.25, 0.3) is 0 Å². The summed E-state index contributed by atoms with van der Waals surface area (Å²) in [4.78, 5) is 14.8. The van der Waals surface area contributed by atoms with Gasteiger partial charge in [0, 0.05) is 44.3 Å². The van der Waals surface area contributed by atoms with Crippen molar-refractivity contribution in [3.63, 3.8) is 0 Å². The highest BCUT2D eigenvalue weighted by molar-refractivity contribution is 6.31. The highest BCUT2D eigenvalue weighted by Gasteiger charge is 2.30. The largest absolute Gasteiger partial charge is 0.381 e. The monoisotopic (exact) mass is 322 g/mol. The van der Waals surface area contributed by atoms with E-state index in [1.165, 1.54) is 0 Å². The molecular weight excluding hydrogens is 300 g/mol. The van der Waals surface area contributed by atoms with Crippen LogP contribution in [0.3, 0.4) is 0 Å². The number of halogens is 1. The molecule has 0 aliphatic carbocycles. The second-order valence-electron chi connectivity index (χ2n) is 6.09. The van der Waals surface area contributed by atoms with E-state index in [2.05, 4.69) is 5.32 Å². The van der Waals surface area contributed by atoms with Gasteiger partial charge in [-0.25, -0.2) is 0 Å². The van der Waals surface area contributed by atoms with Crippen molar-refractivity contribution in [3.05, 3.63) is 34.9 Å². The van der Waals surface area contributed by atoms with E-state index in [0.29, 0.717) is 12.3 Å². The molecule has 2 saturated heterocycles. The Morgan fingerprint density at radius 1 is 1.32 bits per heavy atom. The molecule has 120 valence electrons. The number of amides is 1. The zero-order valence-corrected chi connectivity index (χ0v) is 13.5. The van der Waals surface area contributed by atoms with Crippen LogP contribution in [0.5, 0.6) is 0 Å². The number of hydrogen-bond acceptors (Lipinski definition) is 3. The molecule has 0 saturated carbocycles. The number of carbonyl (C=O) groups is 1. The van der Waals surface area contributed by atoms with Gasteiger partial charge >= 0.3 is 0 Å². The normalized spacial score (nSPS) is 23.5. The van der Waals surface area contributed by atoms with Crippen molar-refractivity contribution in [1.82, 2.24) is 10.2 Å². The van der Waals surface area contributed by atoms with Crippen LogP contribution in [-0.2, 0) is 9.53 Å². The van der Waals surface area contributed by atoms with Gasteiger partial charge in [-0.2, -0.15) is 0 Å². The van der Waals surface area contributed by atoms with Crippen LogP contribution >= 0.6 is 11.6 Å². The minimum Gasteiger partial charge on any atom is -0.381 e. The standard InChI is InChI=1S/C17H23ClN2O2/c18-15-4-2-1-3-14(15)16-12-19-7-8-20(16)17(21)11-13-5-9-22-10-6-13/h1-4,13,16,19H,5-12H2. The molecule has 0 radical (unpaired) electrons. The minimum absolute atomic E-state index is 0.0368. The third-order valence-corrected chi connectivity index (χ3v) is 4.98. The maximum Gasteiger partial charge on any atom is 0.223 e. The Morgan fingerprint density at radius 2 is 2.09 bits per heavy atom. The average molecular weight is 323 g/mol. The Labute approximate surface area is 136 Å². The summed E-state index contributed by atoms with van der Waals surface area (Å²) in [5.74, 6) is 0.710. The molecule has 2 fully saturated rings. The van der Waals surface area contributed by atoms with Gasteiger partial charge in [0.25, 0.3) is 0 Å². The van der Waals surface area contributed by atoms with Crippen molar-refractivity contribution >= 4 is 17.5 Å². The number of rotatable bonds is 3. The topological polar surface area (TPSA) is 41.6 Å². The van der Waals surface area contributed by atoms with Crippen LogP contribution in [0.4, 0.5) is 0 Å². The number of piperazine rings is 1. The Bertz CT molecular complexity index is 517. The zero-order valence-electron chi connectivity index (χ0n) is 12.8. The summed E-state index contributed by atoms with van der Waals surface area (Å²) in [7, 11) is 0. The van der Waals surface area contributed by atoms with E-state index in [0.717, 1.165) is 56.3 Å². The molecule has 0 spiro atoms. The number of benzene rings is 1. The predicted octanol–water partition coefficient (Wildman–Crippen LogP) is 2.63. The average Bonchev–Trinajstić information content (AvgIpc) is 2.56. The van der Waals surface area contributed by atoms with Crippen LogP contribution < -0.4 is 5.32 Å². The molecule has 2 aliphatic rings. The van der Waals surface area contributed by atoms with Gasteiger partial charge in [0.15, 0.2) is 0 Å². The van der Waals surface area contributed by atoms with Crippen LogP contribution in [0.15, 0.2) is 24.3 Å². The van der Waals surface area contributed by atoms with Crippen LogP contribution in [0.1, 0.15) is 30.9 Å². The van der Waals surface area contributed by atoms with Gasteiger partial charge in [-0.3, -0.25) is 4.79 Å². The van der Waals surface area contributed by atoms with Gasteiger partial charge in [-0.1, -0.05) is 29.8 Å². The number of hydrogen-bond donors (Lipinski definition) is 1. The molecular formula is C17H23ClN2O2. The van der Waals surface area contributed by atoms with Crippen molar-refractivity contribution in [2.75, 3.05) is 32.8 Å². The van der Waals surface area contributed by atoms with E-state index in [4.69, 9.17) is 16.3 Å². The van der Waals surface area contributed by atoms with Crippen LogP contribution in [-0.4, -0.2) is 43.7 Å². The summed E-state index contributed by atoms with van der Waals surface area (Å²) < 4.78 is 5.38. The van der Waals surface area contributed by atoms with Gasteiger partial charge in [0.1, 0.15) is 0 Å². The fourth-order valence-corrected chi connectivity index (χ4v) is 3.60. The highest BCUT2D eigenvalue weighted by atomic mass is 35.5. The summed E-state index contributed by atoms with van der Waals surface area (Å²) in [5, 5.41) is 4.11. The summed E-state index contributed by atoms with van der Waals surface area (Å²) in [6.45, 7) is 3.93. The SMILES string of the molecule is O=C(CC1CCOCC1)N1CCNCC1c1ccccc1Cl. The van der Waals surface area contributed by atoms with Gasteiger partial charge in [0.2, 0.25) is 5.91 Å². The van der Waals surface area contributed by atoms with Crippen molar-refractivity contribution in [2.45, 2.75) is 25.3 Å². The third kappa shape index (κ3) is 3.62. The summed E-state index contributed by atoms with van der Waals surface area (Å²) in [6.07, 6.45) is 2.62. The first-order valence-electron chi connectivity index (χ1n) is 8.08. The summed E-state index contributed by atoms with van der Waals surface area (Å²) in [5.41, 5.74) is 1.04. The van der Waals surface area contributed by atoms with Gasteiger partial charge in [0.05, 0.1) is 6.04 Å². The van der Waals surface area contributed by atoms with Gasteiger partial charge in [-0.15, -0.1) is 0 Å². The van der Waals surface area contributed by atoms with Gasteiger partial charge in [-0.05, 0) is 30.4 Å². The molecule has 22 heavy (non-hydrogen) atoms. The Balaban J connectivity index is 1.71. The molecule has 1 N–H and O–H groups in total. The fraction of sp³-hybridized carbons (Fsp3) is 0.588. The van der Waals surface area contributed by atoms with E-state index < -0.39 is 0 Å². The summed E-state index contributed by atoms with van der Waals surface area (Å²) >= 11 is 6.34. The smallest absolute Gasteiger partial charge is 0.223 e. The highest BCUT2D eigenvalue weighted by Crippen LogP contribution is 2.30. The molecule has 4 nitrogen and oxygen atoms in total. The second-order valence-corrected chi connectivity index (χ2v) is 6.50. The first-order valence-corrected chi connectivity index (χ1v) is 8.46. The lowest BCUT2D eigenvalue weighted by molar-refractivity contribution is -0.136. The van der Waals surface area contributed by atoms with Crippen LogP contribution in [0.2, 0.25) is 5.02 Å². The molecule has 1 atom stereocenters. The Hall–Kier alpha value is -1.10. The molecule has 2 heterocycles. The predicted molar refractivity (Wildman–Crippen MR) is 86.9 cm³/mol. The second kappa shape index (κ2) is 7.44. The lowest BCUT2D eigenvalue weighted by Crippen LogP contribution is -2.49. The first-order chi connectivity index (χ1) is 10.8. The van der Waals surface area contributed by atoms with E-state index in [1.54, 1.807) is 0 Å². The quantitative estimate of drug-likeness (QED) is 0.930. The number of nitrogens with zero attached hydrogens (tertiary/aromatic N) is 1. The number of ether oxygens (including phenoxy) is 1.